The standard InChI is InChI=1S/C17H30N2O2/c1-4-18-10-9-16-5-7-17(8-6-16)15-19(11-13-20-2)12-14-21-3/h5-8,18H,4,9-15H2,1-3H3. The van der Waals surface area contributed by atoms with Gasteiger partial charge in [0, 0.05) is 33.9 Å². The molecular weight excluding hydrogens is 264 g/mol. The number of methoxy groups -OCH3 is 2. The minimum absolute atomic E-state index is 0.754. The fraction of sp³-hybridized carbons (Fsp3) is 0.647. The van der Waals surface area contributed by atoms with Crippen molar-refractivity contribution >= 4 is 0 Å². The van der Waals surface area contributed by atoms with Gasteiger partial charge in [-0.3, -0.25) is 4.90 Å². The first-order valence-corrected chi connectivity index (χ1v) is 7.79. The van der Waals surface area contributed by atoms with Gasteiger partial charge in [-0.05, 0) is 30.6 Å². The van der Waals surface area contributed by atoms with E-state index in [1.54, 1.807) is 14.2 Å². The minimum Gasteiger partial charge on any atom is -0.383 e. The summed E-state index contributed by atoms with van der Waals surface area (Å²) in [7, 11) is 3.49. The molecule has 1 N–H and O–H groups in total. The largest absolute Gasteiger partial charge is 0.383 e. The molecule has 0 saturated carbocycles. The van der Waals surface area contributed by atoms with E-state index in [9.17, 15) is 0 Å². The molecule has 1 aromatic carbocycles. The summed E-state index contributed by atoms with van der Waals surface area (Å²) in [4.78, 5) is 2.36. The highest BCUT2D eigenvalue weighted by molar-refractivity contribution is 5.22. The van der Waals surface area contributed by atoms with Crippen molar-refractivity contribution in [3.05, 3.63) is 35.4 Å². The van der Waals surface area contributed by atoms with E-state index in [4.69, 9.17) is 9.47 Å². The molecular formula is C17H30N2O2. The van der Waals surface area contributed by atoms with Crippen LogP contribution in [0.15, 0.2) is 24.3 Å². The second kappa shape index (κ2) is 11.7. The van der Waals surface area contributed by atoms with Gasteiger partial charge in [0.2, 0.25) is 0 Å². The lowest BCUT2D eigenvalue weighted by Gasteiger charge is -2.21. The lowest BCUT2D eigenvalue weighted by molar-refractivity contribution is 0.110. The molecule has 0 saturated heterocycles. The van der Waals surface area contributed by atoms with Crippen molar-refractivity contribution in [1.82, 2.24) is 10.2 Å². The van der Waals surface area contributed by atoms with Crippen LogP contribution in [0, 0.1) is 0 Å². The first-order valence-electron chi connectivity index (χ1n) is 7.79. The molecule has 1 rings (SSSR count). The molecule has 0 radical (unpaired) electrons. The van der Waals surface area contributed by atoms with Crippen LogP contribution in [0.1, 0.15) is 18.1 Å². The van der Waals surface area contributed by atoms with Crippen LogP contribution in [0.3, 0.4) is 0 Å². The highest BCUT2D eigenvalue weighted by atomic mass is 16.5. The molecule has 4 nitrogen and oxygen atoms in total. The fourth-order valence-corrected chi connectivity index (χ4v) is 2.19. The molecule has 0 fully saturated rings. The van der Waals surface area contributed by atoms with Crippen molar-refractivity contribution in [3.63, 3.8) is 0 Å². The zero-order chi connectivity index (χ0) is 15.3. The van der Waals surface area contributed by atoms with Crippen molar-refractivity contribution in [2.24, 2.45) is 0 Å². The molecule has 0 aliphatic rings. The number of nitrogens with zero attached hydrogens (tertiary/aromatic N) is 1. The van der Waals surface area contributed by atoms with Crippen molar-refractivity contribution in [2.45, 2.75) is 19.9 Å². The predicted octanol–water partition coefficient (Wildman–Crippen LogP) is 1.93. The molecule has 0 heterocycles. The van der Waals surface area contributed by atoms with Crippen molar-refractivity contribution in [1.29, 1.82) is 0 Å². The van der Waals surface area contributed by atoms with E-state index in [1.165, 1.54) is 11.1 Å². The van der Waals surface area contributed by atoms with Crippen molar-refractivity contribution < 1.29 is 9.47 Å². The molecule has 1 aromatic rings. The minimum atomic E-state index is 0.754. The third-order valence-corrected chi connectivity index (χ3v) is 3.49. The molecule has 0 aromatic heterocycles. The number of likely N-dealkylation sites (N-methyl/N-ethyl adjacent to an activating group) is 1. The van der Waals surface area contributed by atoms with Crippen LogP contribution in [0.2, 0.25) is 0 Å². The maximum atomic E-state index is 5.17. The van der Waals surface area contributed by atoms with Gasteiger partial charge >= 0.3 is 0 Å². The number of nitrogens with one attached hydrogen (secondary N) is 1. The van der Waals surface area contributed by atoms with Crippen LogP contribution in [0.5, 0.6) is 0 Å². The van der Waals surface area contributed by atoms with E-state index in [1.807, 2.05) is 0 Å². The highest BCUT2D eigenvalue weighted by Gasteiger charge is 2.05. The van der Waals surface area contributed by atoms with Crippen LogP contribution in [-0.2, 0) is 22.4 Å². The van der Waals surface area contributed by atoms with Crippen LogP contribution >= 0.6 is 0 Å². The molecule has 21 heavy (non-hydrogen) atoms. The van der Waals surface area contributed by atoms with Crippen LogP contribution < -0.4 is 5.32 Å². The van der Waals surface area contributed by atoms with E-state index in [-0.39, 0.29) is 0 Å². The van der Waals surface area contributed by atoms with Crippen molar-refractivity contribution in [3.8, 4) is 0 Å². The number of hydrogen-bond acceptors (Lipinski definition) is 4. The predicted molar refractivity (Wildman–Crippen MR) is 87.7 cm³/mol. The Balaban J connectivity index is 2.45. The fourth-order valence-electron chi connectivity index (χ4n) is 2.19. The summed E-state index contributed by atoms with van der Waals surface area (Å²) >= 11 is 0. The second-order valence-corrected chi connectivity index (χ2v) is 5.18. The summed E-state index contributed by atoms with van der Waals surface area (Å²) in [6.07, 6.45) is 1.09. The zero-order valence-electron chi connectivity index (χ0n) is 13.7. The summed E-state index contributed by atoms with van der Waals surface area (Å²) in [5.41, 5.74) is 2.73. The molecule has 120 valence electrons. The normalized spacial score (nSPS) is 11.2. The summed E-state index contributed by atoms with van der Waals surface area (Å²) < 4.78 is 10.3. The Kier molecular flexibility index (Phi) is 10.1. The average Bonchev–Trinajstić information content (AvgIpc) is 2.52. The third-order valence-electron chi connectivity index (χ3n) is 3.49. The van der Waals surface area contributed by atoms with Gasteiger partial charge in [-0.2, -0.15) is 0 Å². The summed E-state index contributed by atoms with van der Waals surface area (Å²) in [5.74, 6) is 0. The van der Waals surface area contributed by atoms with Crippen molar-refractivity contribution in [2.75, 3.05) is 53.6 Å². The average molecular weight is 294 g/mol. The van der Waals surface area contributed by atoms with E-state index in [0.29, 0.717) is 0 Å². The number of hydrogen-bond donors (Lipinski definition) is 1. The summed E-state index contributed by atoms with van der Waals surface area (Å²) in [5, 5.41) is 3.35. The number of rotatable bonds is 12. The van der Waals surface area contributed by atoms with Gasteiger partial charge < -0.3 is 14.8 Å². The Labute approximate surface area is 129 Å². The first kappa shape index (κ1) is 18.1. The summed E-state index contributed by atoms with van der Waals surface area (Å²) in [6, 6.07) is 8.93. The molecule has 0 amide bonds. The topological polar surface area (TPSA) is 33.7 Å². The molecule has 0 unspecified atom stereocenters. The zero-order valence-corrected chi connectivity index (χ0v) is 13.7. The first-order chi connectivity index (χ1) is 10.3. The van der Waals surface area contributed by atoms with Gasteiger partial charge in [-0.25, -0.2) is 0 Å². The Bertz CT molecular complexity index is 346. The van der Waals surface area contributed by atoms with Crippen LogP contribution in [0.25, 0.3) is 0 Å². The monoisotopic (exact) mass is 294 g/mol. The van der Waals surface area contributed by atoms with Gasteiger partial charge in [0.05, 0.1) is 13.2 Å². The molecule has 0 spiro atoms. The molecule has 0 atom stereocenters. The third kappa shape index (κ3) is 8.17. The van der Waals surface area contributed by atoms with Gasteiger partial charge in [-0.1, -0.05) is 31.2 Å². The SMILES string of the molecule is CCNCCc1ccc(CN(CCOC)CCOC)cc1. The number of benzene rings is 1. The van der Waals surface area contributed by atoms with Gasteiger partial charge in [0.15, 0.2) is 0 Å². The van der Waals surface area contributed by atoms with E-state index < -0.39 is 0 Å². The Morgan fingerprint density at radius 2 is 1.52 bits per heavy atom. The maximum Gasteiger partial charge on any atom is 0.0589 e. The Morgan fingerprint density at radius 1 is 0.952 bits per heavy atom. The van der Waals surface area contributed by atoms with Gasteiger partial charge in [-0.15, -0.1) is 0 Å². The number of ether oxygens (including phenoxy) is 2. The Morgan fingerprint density at radius 3 is 2.05 bits per heavy atom. The van der Waals surface area contributed by atoms with Crippen LogP contribution in [-0.4, -0.2) is 58.5 Å². The molecule has 0 aliphatic carbocycles. The summed E-state index contributed by atoms with van der Waals surface area (Å²) in [6.45, 7) is 8.53. The lowest BCUT2D eigenvalue weighted by atomic mass is 10.1. The van der Waals surface area contributed by atoms with Gasteiger partial charge in [0.25, 0.3) is 0 Å². The van der Waals surface area contributed by atoms with Gasteiger partial charge in [0.1, 0.15) is 0 Å². The quantitative estimate of drug-likeness (QED) is 0.597. The second-order valence-electron chi connectivity index (χ2n) is 5.18. The van der Waals surface area contributed by atoms with E-state index in [2.05, 4.69) is 41.4 Å². The van der Waals surface area contributed by atoms with Crippen LogP contribution in [0.4, 0.5) is 0 Å². The molecule has 0 bridgehead atoms. The molecule has 0 aliphatic heterocycles. The maximum absolute atomic E-state index is 5.17. The van der Waals surface area contributed by atoms with E-state index >= 15 is 0 Å². The Hall–Kier alpha value is -0.940. The highest BCUT2D eigenvalue weighted by Crippen LogP contribution is 2.08. The molecule has 4 heteroatoms. The van der Waals surface area contributed by atoms with E-state index in [0.717, 1.165) is 52.4 Å². The lowest BCUT2D eigenvalue weighted by Crippen LogP contribution is -2.30. The smallest absolute Gasteiger partial charge is 0.0589 e.